The van der Waals surface area contributed by atoms with Gasteiger partial charge in [0.2, 0.25) is 0 Å². The van der Waals surface area contributed by atoms with E-state index in [1.807, 2.05) is 26.0 Å². The third-order valence-corrected chi connectivity index (χ3v) is 7.95. The van der Waals surface area contributed by atoms with Crippen molar-refractivity contribution < 1.29 is 9.53 Å². The van der Waals surface area contributed by atoms with Gasteiger partial charge in [-0.1, -0.05) is 38.8 Å². The number of carbonyl (C=O) groups excluding carboxylic acids is 1. The van der Waals surface area contributed by atoms with Crippen LogP contribution in [-0.2, 0) is 9.53 Å². The molecule has 3 saturated carbocycles. The molecule has 7 atom stereocenters. The minimum absolute atomic E-state index is 0.0459. The highest BCUT2D eigenvalue weighted by Crippen LogP contribution is 2.69. The Morgan fingerprint density at radius 1 is 1.37 bits per heavy atom. The van der Waals surface area contributed by atoms with E-state index in [4.69, 9.17) is 9.73 Å². The smallest absolute Gasteiger partial charge is 0.145 e. The van der Waals surface area contributed by atoms with Crippen molar-refractivity contribution in [2.24, 2.45) is 34.6 Å². The lowest BCUT2D eigenvalue weighted by atomic mass is 9.50. The number of hydrogen-bond donors (Lipinski definition) is 0. The summed E-state index contributed by atoms with van der Waals surface area (Å²) in [6.07, 6.45) is 11.7. The second kappa shape index (κ2) is 6.69. The van der Waals surface area contributed by atoms with E-state index in [9.17, 15) is 4.79 Å². The standard InChI is InChI=1S/C24H35NO2/c1-6-10-18-22(26)21-16-14-19(20(11-7-2)25-15(3)4)23(21,5)27-24(18)13-9-8-12-17(16)24/h7,11,16-19,21H,2,6,8-10,12-14H2,1,3-5H3/b20-11-/t16-,17?,18?,19?,21?,23?,24?/m1/s1. The van der Waals surface area contributed by atoms with Crippen molar-refractivity contribution in [1.29, 1.82) is 0 Å². The zero-order valence-corrected chi connectivity index (χ0v) is 17.5. The number of aliphatic imine (C=N–C) groups is 1. The molecule has 0 aromatic rings. The van der Waals surface area contributed by atoms with Crippen LogP contribution >= 0.6 is 0 Å². The highest BCUT2D eigenvalue weighted by Gasteiger charge is 2.75. The lowest BCUT2D eigenvalue weighted by Crippen LogP contribution is -2.71. The van der Waals surface area contributed by atoms with Crippen LogP contribution in [0.2, 0.25) is 0 Å². The third-order valence-electron chi connectivity index (χ3n) is 7.95. The molecule has 27 heavy (non-hydrogen) atoms. The number of nitrogens with zero attached hydrogens (tertiary/aromatic N) is 1. The van der Waals surface area contributed by atoms with Gasteiger partial charge in [-0.05, 0) is 64.4 Å². The van der Waals surface area contributed by atoms with Crippen LogP contribution in [0, 0.1) is 29.6 Å². The lowest BCUT2D eigenvalue weighted by Gasteiger charge is -2.64. The van der Waals surface area contributed by atoms with E-state index in [1.165, 1.54) is 19.3 Å². The van der Waals surface area contributed by atoms with E-state index in [0.29, 0.717) is 17.6 Å². The summed E-state index contributed by atoms with van der Waals surface area (Å²) in [4.78, 5) is 18.5. The second-order valence-corrected chi connectivity index (χ2v) is 9.65. The molecule has 0 amide bonds. The summed E-state index contributed by atoms with van der Waals surface area (Å²) in [6, 6.07) is 0. The Hall–Kier alpha value is -1.22. The third kappa shape index (κ3) is 2.57. The van der Waals surface area contributed by atoms with Crippen LogP contribution in [0.25, 0.3) is 0 Å². The Kier molecular flexibility index (Phi) is 4.73. The Morgan fingerprint density at radius 3 is 2.81 bits per heavy atom. The number of fused-ring (bicyclic) bond motifs is 1. The van der Waals surface area contributed by atoms with Gasteiger partial charge in [0.25, 0.3) is 0 Å². The fraction of sp³-hybridized carbons (Fsp3) is 0.750. The number of carbonyl (C=O) groups is 1. The molecule has 5 rings (SSSR count). The fourth-order valence-electron chi connectivity index (χ4n) is 7.28. The van der Waals surface area contributed by atoms with Crippen LogP contribution in [0.4, 0.5) is 0 Å². The average Bonchev–Trinajstić information content (AvgIpc) is 2.85. The summed E-state index contributed by atoms with van der Waals surface area (Å²) >= 11 is 0. The number of hydrogen-bond acceptors (Lipinski definition) is 3. The summed E-state index contributed by atoms with van der Waals surface area (Å²) in [5.41, 5.74) is 1.48. The normalized spacial score (nSPS) is 45.6. The number of rotatable bonds is 5. The number of ketones is 1. The first-order valence-electron chi connectivity index (χ1n) is 11.0. The molecule has 0 N–H and O–H groups in total. The molecule has 1 spiro atoms. The van der Waals surface area contributed by atoms with Gasteiger partial charge in [-0.25, -0.2) is 0 Å². The maximum atomic E-state index is 13.7. The van der Waals surface area contributed by atoms with Crippen molar-refractivity contribution in [3.63, 3.8) is 0 Å². The van der Waals surface area contributed by atoms with E-state index < -0.39 is 5.60 Å². The van der Waals surface area contributed by atoms with Crippen LogP contribution in [0.3, 0.4) is 0 Å². The minimum atomic E-state index is -0.409. The highest BCUT2D eigenvalue weighted by molar-refractivity contribution is 5.89. The van der Waals surface area contributed by atoms with Crippen LogP contribution in [0.15, 0.2) is 29.4 Å². The molecule has 5 aliphatic rings. The first-order valence-corrected chi connectivity index (χ1v) is 11.0. The van der Waals surface area contributed by atoms with Gasteiger partial charge in [-0.15, -0.1) is 0 Å². The van der Waals surface area contributed by atoms with Crippen molar-refractivity contribution in [3.8, 4) is 0 Å². The summed E-state index contributed by atoms with van der Waals surface area (Å²) in [5, 5.41) is 0. The molecule has 3 heteroatoms. The number of Topliss-reactive ketones (excluding diaryl/α,β-unsaturated/α-hetero) is 1. The van der Waals surface area contributed by atoms with Crippen LogP contribution in [0.5, 0.6) is 0 Å². The summed E-state index contributed by atoms with van der Waals surface area (Å²) in [7, 11) is 0. The van der Waals surface area contributed by atoms with Gasteiger partial charge in [0.15, 0.2) is 0 Å². The molecule has 2 saturated heterocycles. The minimum Gasteiger partial charge on any atom is -0.366 e. The molecule has 3 nitrogen and oxygen atoms in total. The molecule has 2 aliphatic heterocycles. The van der Waals surface area contributed by atoms with Gasteiger partial charge in [0.05, 0.1) is 17.1 Å². The van der Waals surface area contributed by atoms with Crippen LogP contribution in [0.1, 0.15) is 72.6 Å². The van der Waals surface area contributed by atoms with Gasteiger partial charge < -0.3 is 4.74 Å². The SMILES string of the molecule is C=C/C=C(\N=C(C)C)C1C[C@H]2C3C(=O)C(CCC)C4(CCCCC24)OC13C. The first-order chi connectivity index (χ1) is 12.9. The van der Waals surface area contributed by atoms with E-state index >= 15 is 0 Å². The zero-order chi connectivity index (χ0) is 19.4. The molecule has 148 valence electrons. The highest BCUT2D eigenvalue weighted by atomic mass is 16.5. The molecular weight excluding hydrogens is 334 g/mol. The van der Waals surface area contributed by atoms with E-state index in [2.05, 4.69) is 20.4 Å². The predicted octanol–water partition coefficient (Wildman–Crippen LogP) is 5.51. The molecular formula is C24H35NO2. The first kappa shape index (κ1) is 19.1. The summed E-state index contributed by atoms with van der Waals surface area (Å²) < 4.78 is 7.15. The van der Waals surface area contributed by atoms with Crippen molar-refractivity contribution >= 4 is 11.5 Å². The predicted molar refractivity (Wildman–Crippen MR) is 110 cm³/mol. The van der Waals surface area contributed by atoms with Crippen molar-refractivity contribution in [2.75, 3.05) is 0 Å². The van der Waals surface area contributed by atoms with Crippen LogP contribution < -0.4 is 0 Å². The Labute approximate surface area is 164 Å². The second-order valence-electron chi connectivity index (χ2n) is 9.65. The fourth-order valence-corrected chi connectivity index (χ4v) is 7.28. The molecule has 3 aliphatic carbocycles. The number of allylic oxidation sites excluding steroid dienone is 2. The Balaban J connectivity index is 1.81. The van der Waals surface area contributed by atoms with Gasteiger partial charge in [-0.3, -0.25) is 9.79 Å². The van der Waals surface area contributed by atoms with Gasteiger partial charge in [-0.2, -0.15) is 0 Å². The summed E-state index contributed by atoms with van der Waals surface area (Å²) in [5.74, 6) is 1.88. The number of ether oxygens (including phenoxy) is 1. The topological polar surface area (TPSA) is 38.7 Å². The quantitative estimate of drug-likeness (QED) is 0.474. The molecule has 2 heterocycles. The largest absolute Gasteiger partial charge is 0.366 e. The van der Waals surface area contributed by atoms with E-state index in [-0.39, 0.29) is 23.4 Å². The molecule has 4 bridgehead atoms. The van der Waals surface area contributed by atoms with Crippen molar-refractivity contribution in [3.05, 3.63) is 24.4 Å². The zero-order valence-electron chi connectivity index (χ0n) is 17.5. The molecule has 0 aromatic heterocycles. The van der Waals surface area contributed by atoms with Crippen molar-refractivity contribution in [2.45, 2.75) is 83.8 Å². The van der Waals surface area contributed by atoms with E-state index in [0.717, 1.165) is 37.1 Å². The summed E-state index contributed by atoms with van der Waals surface area (Å²) in [6.45, 7) is 12.4. The van der Waals surface area contributed by atoms with Gasteiger partial charge >= 0.3 is 0 Å². The lowest BCUT2D eigenvalue weighted by molar-refractivity contribution is -0.291. The monoisotopic (exact) mass is 369 g/mol. The van der Waals surface area contributed by atoms with Gasteiger partial charge in [0, 0.05) is 23.2 Å². The average molecular weight is 370 g/mol. The molecule has 5 fully saturated rings. The maximum Gasteiger partial charge on any atom is 0.145 e. The van der Waals surface area contributed by atoms with E-state index in [1.54, 1.807) is 0 Å². The molecule has 6 unspecified atom stereocenters. The van der Waals surface area contributed by atoms with Crippen molar-refractivity contribution in [1.82, 2.24) is 0 Å². The molecule has 0 radical (unpaired) electrons. The molecule has 0 aromatic carbocycles. The van der Waals surface area contributed by atoms with Gasteiger partial charge in [0.1, 0.15) is 5.78 Å². The van der Waals surface area contributed by atoms with Crippen LogP contribution in [-0.4, -0.2) is 22.7 Å². The Bertz CT molecular complexity index is 703. The maximum absolute atomic E-state index is 13.7. The Morgan fingerprint density at radius 2 is 2.15 bits per heavy atom.